The summed E-state index contributed by atoms with van der Waals surface area (Å²) in [5.41, 5.74) is 0. The smallest absolute Gasteiger partial charge is 0.00610 e. The normalized spacial score (nSPS) is 13.5. The molecule has 0 heterocycles. The Bertz CT molecular complexity index is 66.3. The van der Waals surface area contributed by atoms with Crippen LogP contribution < -0.4 is 4.72 Å². The fourth-order valence-corrected chi connectivity index (χ4v) is 1.15. The van der Waals surface area contributed by atoms with Crippen molar-refractivity contribution < 1.29 is 0 Å². The van der Waals surface area contributed by atoms with Crippen molar-refractivity contribution in [3.05, 3.63) is 0 Å². The van der Waals surface area contributed by atoms with Crippen LogP contribution in [0.15, 0.2) is 0 Å². The Labute approximate surface area is 69.1 Å². The first-order valence-corrected chi connectivity index (χ1v) is 5.14. The van der Waals surface area contributed by atoms with Gasteiger partial charge in [-0.1, -0.05) is 39.1 Å². The molecule has 0 aliphatic rings. The van der Waals surface area contributed by atoms with Crippen LogP contribution in [0.1, 0.15) is 33.6 Å². The van der Waals surface area contributed by atoms with Crippen LogP contribution in [0, 0.1) is 5.92 Å². The lowest BCUT2D eigenvalue weighted by Gasteiger charge is -2.07. The Balaban J connectivity index is 2.89. The van der Waals surface area contributed by atoms with E-state index in [0.29, 0.717) is 0 Å². The van der Waals surface area contributed by atoms with Gasteiger partial charge in [0.15, 0.2) is 0 Å². The van der Waals surface area contributed by atoms with E-state index in [4.69, 9.17) is 0 Å². The summed E-state index contributed by atoms with van der Waals surface area (Å²) in [7, 11) is 0. The van der Waals surface area contributed by atoms with E-state index in [1.54, 1.807) is 0 Å². The Kier molecular flexibility index (Phi) is 7.65. The molecule has 0 spiro atoms. The van der Waals surface area contributed by atoms with Crippen LogP contribution in [-0.4, -0.2) is 12.3 Å². The highest BCUT2D eigenvalue weighted by atomic mass is 32.2. The molecule has 0 aliphatic heterocycles. The van der Waals surface area contributed by atoms with Crippen LogP contribution in [0.25, 0.3) is 0 Å². The minimum Gasteiger partial charge on any atom is -0.264 e. The van der Waals surface area contributed by atoms with Crippen molar-refractivity contribution in [3.8, 4) is 0 Å². The highest BCUT2D eigenvalue weighted by molar-refractivity contribution is 7.97. The van der Waals surface area contributed by atoms with Gasteiger partial charge in [0.05, 0.1) is 0 Å². The molecule has 0 aliphatic carbocycles. The standard InChI is InChI=1S/C8H19NS/c1-4-8(3)6-7-9-10-5-2/h8-9H,4-7H2,1-3H3. The topological polar surface area (TPSA) is 12.0 Å². The van der Waals surface area contributed by atoms with Gasteiger partial charge in [-0.2, -0.15) is 0 Å². The number of hydrogen-bond acceptors (Lipinski definition) is 2. The van der Waals surface area contributed by atoms with Crippen molar-refractivity contribution in [2.45, 2.75) is 33.6 Å². The summed E-state index contributed by atoms with van der Waals surface area (Å²) >= 11 is 1.81. The molecule has 0 rings (SSSR count). The van der Waals surface area contributed by atoms with E-state index >= 15 is 0 Å². The second-order valence-electron chi connectivity index (χ2n) is 2.63. The highest BCUT2D eigenvalue weighted by Gasteiger charge is 1.96. The van der Waals surface area contributed by atoms with E-state index in [1.807, 2.05) is 11.9 Å². The third-order valence-electron chi connectivity index (χ3n) is 1.68. The molecule has 0 saturated carbocycles. The summed E-state index contributed by atoms with van der Waals surface area (Å²) in [6.45, 7) is 7.88. The SMILES string of the molecule is CCSNCCC(C)CC. The van der Waals surface area contributed by atoms with E-state index < -0.39 is 0 Å². The zero-order chi connectivity index (χ0) is 7.82. The molecule has 0 saturated heterocycles. The summed E-state index contributed by atoms with van der Waals surface area (Å²) < 4.78 is 3.32. The van der Waals surface area contributed by atoms with Crippen molar-refractivity contribution in [2.75, 3.05) is 12.3 Å². The maximum atomic E-state index is 3.32. The zero-order valence-corrected chi connectivity index (χ0v) is 8.13. The molecule has 62 valence electrons. The molecule has 0 radical (unpaired) electrons. The Morgan fingerprint density at radius 2 is 2.10 bits per heavy atom. The highest BCUT2D eigenvalue weighted by Crippen LogP contribution is 2.05. The summed E-state index contributed by atoms with van der Waals surface area (Å²) in [5.74, 6) is 2.05. The molecule has 2 heteroatoms. The molecular formula is C8H19NS. The first-order valence-electron chi connectivity index (χ1n) is 4.15. The second kappa shape index (κ2) is 7.42. The lowest BCUT2D eigenvalue weighted by Crippen LogP contribution is -2.09. The molecule has 0 aromatic heterocycles. The Morgan fingerprint density at radius 1 is 1.40 bits per heavy atom. The van der Waals surface area contributed by atoms with Crippen LogP contribution in [-0.2, 0) is 0 Å². The largest absolute Gasteiger partial charge is 0.264 e. The molecule has 10 heavy (non-hydrogen) atoms. The Hall–Kier alpha value is 0.310. The van der Waals surface area contributed by atoms with Gasteiger partial charge in [0.1, 0.15) is 0 Å². The second-order valence-corrected chi connectivity index (χ2v) is 3.78. The van der Waals surface area contributed by atoms with Gasteiger partial charge in [-0.3, -0.25) is 4.72 Å². The fraction of sp³-hybridized carbons (Fsp3) is 1.00. The van der Waals surface area contributed by atoms with Crippen molar-refractivity contribution in [1.82, 2.24) is 4.72 Å². The third kappa shape index (κ3) is 6.43. The van der Waals surface area contributed by atoms with Gasteiger partial charge in [-0.05, 0) is 12.3 Å². The van der Waals surface area contributed by atoms with Gasteiger partial charge in [0.2, 0.25) is 0 Å². The summed E-state index contributed by atoms with van der Waals surface area (Å²) in [6, 6.07) is 0. The zero-order valence-electron chi connectivity index (χ0n) is 7.31. The lowest BCUT2D eigenvalue weighted by molar-refractivity contribution is 0.517. The third-order valence-corrected chi connectivity index (χ3v) is 2.38. The van der Waals surface area contributed by atoms with Gasteiger partial charge in [-0.15, -0.1) is 0 Å². The van der Waals surface area contributed by atoms with Crippen LogP contribution >= 0.6 is 11.9 Å². The monoisotopic (exact) mass is 161 g/mol. The van der Waals surface area contributed by atoms with Crippen LogP contribution in [0.5, 0.6) is 0 Å². The quantitative estimate of drug-likeness (QED) is 0.475. The van der Waals surface area contributed by atoms with Gasteiger partial charge in [0, 0.05) is 12.3 Å². The summed E-state index contributed by atoms with van der Waals surface area (Å²) in [6.07, 6.45) is 2.61. The molecule has 0 bridgehead atoms. The molecule has 0 aromatic carbocycles. The average molecular weight is 161 g/mol. The van der Waals surface area contributed by atoms with Crippen LogP contribution in [0.4, 0.5) is 0 Å². The molecule has 0 aromatic rings. The molecule has 1 unspecified atom stereocenters. The predicted octanol–water partition coefficient (Wildman–Crippen LogP) is 2.68. The average Bonchev–Trinajstić information content (AvgIpc) is 1.98. The van der Waals surface area contributed by atoms with Gasteiger partial charge in [0.25, 0.3) is 0 Å². The molecule has 0 fully saturated rings. The van der Waals surface area contributed by atoms with E-state index in [-0.39, 0.29) is 0 Å². The predicted molar refractivity (Wildman–Crippen MR) is 50.2 cm³/mol. The van der Waals surface area contributed by atoms with Gasteiger partial charge >= 0.3 is 0 Å². The van der Waals surface area contributed by atoms with Gasteiger partial charge in [-0.25, -0.2) is 0 Å². The fourth-order valence-electron chi connectivity index (χ4n) is 0.684. The molecule has 1 N–H and O–H groups in total. The lowest BCUT2D eigenvalue weighted by atomic mass is 10.1. The van der Waals surface area contributed by atoms with E-state index in [2.05, 4.69) is 25.5 Å². The Morgan fingerprint density at radius 3 is 2.60 bits per heavy atom. The van der Waals surface area contributed by atoms with Crippen molar-refractivity contribution >= 4 is 11.9 Å². The maximum Gasteiger partial charge on any atom is 0.00610 e. The van der Waals surface area contributed by atoms with E-state index in [1.165, 1.54) is 18.6 Å². The molecule has 1 atom stereocenters. The molecular weight excluding hydrogens is 142 g/mol. The summed E-state index contributed by atoms with van der Waals surface area (Å²) in [4.78, 5) is 0. The molecule has 0 amide bonds. The molecule has 1 nitrogen and oxygen atoms in total. The number of nitrogens with one attached hydrogen (secondary N) is 1. The minimum atomic E-state index is 0.880. The van der Waals surface area contributed by atoms with Crippen molar-refractivity contribution in [3.63, 3.8) is 0 Å². The van der Waals surface area contributed by atoms with Crippen molar-refractivity contribution in [2.24, 2.45) is 5.92 Å². The van der Waals surface area contributed by atoms with E-state index in [0.717, 1.165) is 12.5 Å². The number of rotatable bonds is 6. The van der Waals surface area contributed by atoms with Crippen molar-refractivity contribution in [1.29, 1.82) is 0 Å². The number of hydrogen-bond donors (Lipinski definition) is 1. The van der Waals surface area contributed by atoms with Crippen LogP contribution in [0.2, 0.25) is 0 Å². The van der Waals surface area contributed by atoms with Gasteiger partial charge < -0.3 is 0 Å². The first kappa shape index (κ1) is 10.3. The maximum absolute atomic E-state index is 3.32. The van der Waals surface area contributed by atoms with Crippen LogP contribution in [0.3, 0.4) is 0 Å². The van der Waals surface area contributed by atoms with E-state index in [9.17, 15) is 0 Å². The summed E-state index contributed by atoms with van der Waals surface area (Å²) in [5, 5.41) is 0. The first-order chi connectivity index (χ1) is 4.81. The minimum absolute atomic E-state index is 0.880.